The minimum absolute atomic E-state index is 0.861. The number of aryl methyl sites for hydroxylation is 11. The second-order valence-corrected chi connectivity index (χ2v) is 26.8. The van der Waals surface area contributed by atoms with E-state index in [9.17, 15) is 0 Å². The van der Waals surface area contributed by atoms with Crippen molar-refractivity contribution in [2.24, 2.45) is 0 Å². The van der Waals surface area contributed by atoms with Gasteiger partial charge in [0, 0.05) is 127 Å². The van der Waals surface area contributed by atoms with Gasteiger partial charge in [0.25, 0.3) is 0 Å². The van der Waals surface area contributed by atoms with Gasteiger partial charge < -0.3 is 17.7 Å². The second kappa shape index (κ2) is 39.7. The molecule has 0 saturated heterocycles. The van der Waals surface area contributed by atoms with Crippen molar-refractivity contribution >= 4 is 98.1 Å². The molecule has 0 atom stereocenters. The van der Waals surface area contributed by atoms with E-state index in [4.69, 9.17) is 4.52 Å². The molecule has 0 aliphatic rings. The standard InChI is InChI=1S/2C10H9N.3C9H8N2.C9H9N.4C8H8N2.C8H7NO/c1-8-6-11-7-9-4-2-3-5-10(8)9;1-8-10-5-3-2-4-9(10)6-7-11-8;1-7-9-8(4-6-10-7)3-2-5-11-9;1-7-8-4-2-3-5-9(8)11-6-10-7;1-7-9-5-3-2-4-8(9)6-10-11-7;1-8-5-6-9-4-2-3-7-10(8)9;1-7-8-4-2-3-5-10(8)6-9-7;1-7-9-6-8-4-2-3-5-10(7)8;1-7-6-9-10-5-3-2-4-8(7)10;2*1-6-7-4-2-3-5-8(7)10-9-6/h2*2-7H,1H3;3*2-6H,1H3;2-7H,1H3;3*2-6H,1H3;2-5H,1H3,(H,9,10);2-5H,1H3. The van der Waals surface area contributed by atoms with Crippen molar-refractivity contribution < 1.29 is 4.52 Å². The van der Waals surface area contributed by atoms with Crippen LogP contribution in [0.25, 0.3) is 98.1 Å². The smallest absolute Gasteiger partial charge is 0.167 e. The maximum atomic E-state index is 5.00. The van der Waals surface area contributed by atoms with Gasteiger partial charge in [-0.15, -0.1) is 0 Å². The number of rotatable bonds is 0. The fourth-order valence-electron chi connectivity index (χ4n) is 12.5. The molecule has 570 valence electrons. The number of aromatic amines is 1. The highest BCUT2D eigenvalue weighted by Gasteiger charge is 2.04. The Hall–Kier alpha value is -14.9. The summed E-state index contributed by atoms with van der Waals surface area (Å²) < 4.78 is 13.1. The zero-order valence-corrected chi connectivity index (χ0v) is 66.3. The highest BCUT2D eigenvalue weighted by atomic mass is 16.5. The third-order valence-corrected chi connectivity index (χ3v) is 18.8. The highest BCUT2D eigenvalue weighted by molar-refractivity contribution is 5.86. The summed E-state index contributed by atoms with van der Waals surface area (Å²) in [5, 5.41) is 34.7. The molecule has 19 heteroatoms. The molecule has 22 aromatic rings. The van der Waals surface area contributed by atoms with Crippen LogP contribution in [0.4, 0.5) is 0 Å². The van der Waals surface area contributed by atoms with Gasteiger partial charge in [-0.25, -0.2) is 24.5 Å². The van der Waals surface area contributed by atoms with Crippen LogP contribution in [0.2, 0.25) is 0 Å². The molecule has 16 aromatic heterocycles. The lowest BCUT2D eigenvalue weighted by Gasteiger charge is -1.98. The Balaban J connectivity index is 0.000000117. The molecule has 115 heavy (non-hydrogen) atoms. The molecule has 1 N–H and O–H groups in total. The van der Waals surface area contributed by atoms with E-state index in [-0.39, 0.29) is 0 Å². The lowest BCUT2D eigenvalue weighted by molar-refractivity contribution is 0.450. The van der Waals surface area contributed by atoms with Gasteiger partial charge in [0.15, 0.2) is 5.58 Å². The predicted octanol–water partition coefficient (Wildman–Crippen LogP) is 22.1. The van der Waals surface area contributed by atoms with Gasteiger partial charge in [0.2, 0.25) is 0 Å². The maximum Gasteiger partial charge on any atom is 0.167 e. The van der Waals surface area contributed by atoms with Crippen molar-refractivity contribution in [1.82, 2.24) is 88.2 Å². The van der Waals surface area contributed by atoms with Crippen LogP contribution >= 0.6 is 0 Å². The van der Waals surface area contributed by atoms with Gasteiger partial charge in [0.1, 0.15) is 12.2 Å². The number of nitrogens with zero attached hydrogens (tertiary/aromatic N) is 17. The zero-order chi connectivity index (χ0) is 80.3. The molecule has 0 amide bonds. The molecule has 0 radical (unpaired) electrons. The van der Waals surface area contributed by atoms with Crippen LogP contribution in [0, 0.1) is 76.2 Å². The highest BCUT2D eigenvalue weighted by Crippen LogP contribution is 2.21. The zero-order valence-electron chi connectivity index (χ0n) is 66.3. The molecular weight excluding hydrogens is 1420 g/mol. The molecule has 0 aliphatic heterocycles. The van der Waals surface area contributed by atoms with Gasteiger partial charge in [-0.3, -0.25) is 25.0 Å². The van der Waals surface area contributed by atoms with Crippen LogP contribution in [-0.4, -0.2) is 88.2 Å². The number of pyridine rings is 8. The molecule has 0 bridgehead atoms. The van der Waals surface area contributed by atoms with E-state index in [2.05, 4.69) is 185 Å². The van der Waals surface area contributed by atoms with E-state index in [0.29, 0.717) is 0 Å². The van der Waals surface area contributed by atoms with Crippen LogP contribution in [-0.2, 0) is 0 Å². The van der Waals surface area contributed by atoms with E-state index >= 15 is 0 Å². The van der Waals surface area contributed by atoms with E-state index in [0.717, 1.165) is 94.9 Å². The number of hydrogen-bond acceptors (Lipinski definition) is 14. The van der Waals surface area contributed by atoms with Crippen LogP contribution in [0.3, 0.4) is 0 Å². The molecule has 0 spiro atoms. The normalized spacial score (nSPS) is 10.4. The molecule has 19 nitrogen and oxygen atoms in total. The topological polar surface area (TPSA) is 214 Å². The van der Waals surface area contributed by atoms with Gasteiger partial charge in [0.05, 0.1) is 80.8 Å². The summed E-state index contributed by atoms with van der Waals surface area (Å²) in [6, 6.07) is 85.1. The summed E-state index contributed by atoms with van der Waals surface area (Å²) in [4.78, 5) is 33.2. The largest absolute Gasteiger partial charge is 0.356 e. The molecule has 6 aromatic carbocycles. The molecular formula is C96H90N18O. The Kier molecular flexibility index (Phi) is 27.5. The number of nitrogens with one attached hydrogen (secondary N) is 1. The number of imidazole rings is 2. The first-order valence-corrected chi connectivity index (χ1v) is 37.6. The van der Waals surface area contributed by atoms with Crippen LogP contribution < -0.4 is 0 Å². The van der Waals surface area contributed by atoms with E-state index in [1.165, 1.54) is 65.7 Å². The van der Waals surface area contributed by atoms with Crippen molar-refractivity contribution in [2.45, 2.75) is 76.2 Å². The number of benzene rings is 6. The molecule has 0 aliphatic carbocycles. The van der Waals surface area contributed by atoms with E-state index < -0.39 is 0 Å². The Morgan fingerprint density at radius 1 is 0.339 bits per heavy atom. The maximum absolute atomic E-state index is 5.00. The van der Waals surface area contributed by atoms with E-state index in [1.54, 1.807) is 24.9 Å². The van der Waals surface area contributed by atoms with Gasteiger partial charge in [-0.2, -0.15) is 20.4 Å². The number of fused-ring (bicyclic) bond motifs is 11. The lowest BCUT2D eigenvalue weighted by Crippen LogP contribution is -1.86. The van der Waals surface area contributed by atoms with E-state index in [1.807, 2.05) is 296 Å². The van der Waals surface area contributed by atoms with Crippen LogP contribution in [0.5, 0.6) is 0 Å². The summed E-state index contributed by atoms with van der Waals surface area (Å²) in [6.07, 6.45) is 26.2. The average molecular weight is 1510 g/mol. The molecule has 0 fully saturated rings. The SMILES string of the molecule is Cc1[nH]nc2ccccc12.Cc1ccc2ccccn12.Cc1cncc2ccccc12.Cc1cnn2ccccc12.Cc1ncc2ccccn12.Cc1nccc2ccccc12.Cc1nccc2cccnc12.Cc1ncn2ccccc12.Cc1ncnc2ccccc12.Cc1nncc2ccccc12.Cc1noc2ccccc12. The third kappa shape index (κ3) is 21.2. The lowest BCUT2D eigenvalue weighted by atomic mass is 10.1. The predicted molar refractivity (Wildman–Crippen MR) is 467 cm³/mol. The Morgan fingerprint density at radius 3 is 1.62 bits per heavy atom. The fourth-order valence-corrected chi connectivity index (χ4v) is 12.5. The van der Waals surface area contributed by atoms with Crippen LogP contribution in [0.15, 0.2) is 346 Å². The Bertz CT molecular complexity index is 5800. The first kappa shape index (κ1) is 79.7. The van der Waals surface area contributed by atoms with Crippen LogP contribution in [0.1, 0.15) is 62.5 Å². The number of H-pyrrole nitrogens is 1. The summed E-state index contributed by atoms with van der Waals surface area (Å²) in [5.74, 6) is 1.04. The summed E-state index contributed by atoms with van der Waals surface area (Å²) in [5.41, 5.74) is 19.7. The first-order chi connectivity index (χ1) is 56.1. The van der Waals surface area contributed by atoms with Crippen molar-refractivity contribution in [3.63, 3.8) is 0 Å². The number of aromatic nitrogens is 18. The average Bonchev–Trinajstić information content (AvgIpc) is 1.80. The van der Waals surface area contributed by atoms with Crippen molar-refractivity contribution in [2.75, 3.05) is 0 Å². The fraction of sp³-hybridized carbons (Fsp3) is 0.115. The van der Waals surface area contributed by atoms with Gasteiger partial charge >= 0.3 is 0 Å². The number of para-hydroxylation sites is 3. The first-order valence-electron chi connectivity index (χ1n) is 37.6. The minimum Gasteiger partial charge on any atom is -0.356 e. The molecule has 0 saturated carbocycles. The minimum atomic E-state index is 0.861. The third-order valence-electron chi connectivity index (χ3n) is 18.8. The quantitative estimate of drug-likeness (QED) is 0.150. The summed E-state index contributed by atoms with van der Waals surface area (Å²) >= 11 is 0. The number of hydrogen-bond donors (Lipinski definition) is 1. The summed E-state index contributed by atoms with van der Waals surface area (Å²) in [7, 11) is 0. The van der Waals surface area contributed by atoms with Crippen molar-refractivity contribution in [1.29, 1.82) is 0 Å². The van der Waals surface area contributed by atoms with Crippen molar-refractivity contribution in [3.8, 4) is 0 Å². The molecule has 0 unspecified atom stereocenters. The van der Waals surface area contributed by atoms with Gasteiger partial charge in [-0.1, -0.05) is 157 Å². The monoisotopic (exact) mass is 1510 g/mol. The molecule has 22 rings (SSSR count). The second-order valence-electron chi connectivity index (χ2n) is 26.8. The van der Waals surface area contributed by atoms with Gasteiger partial charge in [-0.05, 0) is 201 Å². The molecule has 16 heterocycles. The van der Waals surface area contributed by atoms with Crippen molar-refractivity contribution in [3.05, 3.63) is 404 Å². The summed E-state index contributed by atoms with van der Waals surface area (Å²) in [6.45, 7) is 22.2. The Labute approximate surface area is 667 Å². The Morgan fingerprint density at radius 2 is 0.930 bits per heavy atom.